The Kier molecular flexibility index (Phi) is 14.1. The lowest BCUT2D eigenvalue weighted by Crippen LogP contribution is -2.46. The Morgan fingerprint density at radius 1 is 1.00 bits per heavy atom. The van der Waals surface area contributed by atoms with E-state index >= 15 is 0 Å². The molecule has 2 N–H and O–H groups in total. The Bertz CT molecular complexity index is 916. The molecule has 0 bridgehead atoms. The van der Waals surface area contributed by atoms with Crippen LogP contribution in [0, 0.1) is 12.1 Å². The number of benzene rings is 2. The molecule has 0 aliphatic carbocycles. The topological polar surface area (TPSA) is 115 Å². The molecule has 0 saturated heterocycles. The Balaban J connectivity index is 0.000000679. The molecule has 0 atom stereocenters. The molecule has 0 fully saturated rings. The van der Waals surface area contributed by atoms with Crippen molar-refractivity contribution in [3.05, 3.63) is 64.9 Å². The van der Waals surface area contributed by atoms with Gasteiger partial charge in [-0.15, -0.1) is 35.6 Å². The van der Waals surface area contributed by atoms with E-state index in [0.29, 0.717) is 18.5 Å². The van der Waals surface area contributed by atoms with Crippen LogP contribution in [0.4, 0.5) is 5.69 Å². The number of quaternary nitrogens is 1. The number of hydrogen-bond donors (Lipinski definition) is 2. The summed E-state index contributed by atoms with van der Waals surface area (Å²) >= 11 is 11.4. The van der Waals surface area contributed by atoms with Gasteiger partial charge in [0.05, 0.1) is 29.7 Å². The number of hydroxylamine groups is 2. The number of carboxylic acid groups (broad SMARTS) is 1. The summed E-state index contributed by atoms with van der Waals surface area (Å²) < 4.78 is 29.0. The van der Waals surface area contributed by atoms with Crippen molar-refractivity contribution in [3.63, 3.8) is 0 Å². The van der Waals surface area contributed by atoms with E-state index in [1.165, 1.54) is 12.1 Å². The van der Waals surface area contributed by atoms with Gasteiger partial charge in [-0.05, 0) is 49.6 Å². The highest BCUT2D eigenvalue weighted by atomic mass is 35.5. The molecule has 32 heavy (non-hydrogen) atoms. The monoisotopic (exact) mass is 527 g/mol. The number of aryl methyl sites for hydroxylation is 2. The molecule has 2 aromatic rings. The van der Waals surface area contributed by atoms with Crippen LogP contribution >= 0.6 is 35.6 Å². The molecule has 0 spiro atoms. The minimum Gasteiger partial charge on any atom is -0.627 e. The van der Waals surface area contributed by atoms with E-state index in [0.717, 1.165) is 11.1 Å². The van der Waals surface area contributed by atoms with Crippen LogP contribution in [0.15, 0.2) is 53.4 Å². The van der Waals surface area contributed by atoms with Gasteiger partial charge >= 0.3 is 5.97 Å². The van der Waals surface area contributed by atoms with Gasteiger partial charge < -0.3 is 15.0 Å². The molecular formula is C21H28Cl3NO6S. The quantitative estimate of drug-likeness (QED) is 0.193. The second kappa shape index (κ2) is 14.7. The van der Waals surface area contributed by atoms with Gasteiger partial charge in [0, 0.05) is 6.42 Å². The lowest BCUT2D eigenvalue weighted by atomic mass is 10.1. The molecule has 0 saturated carbocycles. The Morgan fingerprint density at radius 2 is 1.50 bits per heavy atom. The maximum Gasteiger partial charge on any atom is 0.303 e. The summed E-state index contributed by atoms with van der Waals surface area (Å²) in [7, 11) is -4.02. The maximum absolute atomic E-state index is 12.6. The van der Waals surface area contributed by atoms with E-state index in [-0.39, 0.29) is 48.6 Å². The molecule has 0 unspecified atom stereocenters. The number of carboxylic acids is 1. The highest BCUT2D eigenvalue weighted by Gasteiger charge is 2.19. The minimum atomic E-state index is -4.02. The number of alkyl halides is 2. The maximum atomic E-state index is 12.6. The first kappa shape index (κ1) is 30.6. The largest absolute Gasteiger partial charge is 0.627 e. The fraction of sp³-hybridized carbons (Fsp3) is 0.381. The minimum absolute atomic E-state index is 0. The standard InChI is InChI=1S/C14H19Cl2NO3.C7H8O3S.ClH/c15-8-10-17(20,11-9-16)13-6-4-12(5-7-13)2-1-3-14(18)19;1-6-2-4-7(5-3-6)11(8,9)10;/h4-7H,1-3,8-11H2,(H,18,19);2-5H,1H3,(H,8,9,10);1H. The van der Waals surface area contributed by atoms with E-state index < -0.39 is 20.7 Å². The second-order valence-corrected chi connectivity index (χ2v) is 9.09. The first-order valence-corrected chi connectivity index (χ1v) is 12.1. The summed E-state index contributed by atoms with van der Waals surface area (Å²) in [5.41, 5.74) is 2.61. The SMILES string of the molecule is Cc1ccc(S(=O)(=O)O)cc1.Cl.O=C(O)CCCc1ccc([N+]([O-])(CCCl)CCCl)cc1. The summed E-state index contributed by atoms with van der Waals surface area (Å²) in [6.45, 7) is 2.41. The normalized spacial score (nSPS) is 11.2. The first-order chi connectivity index (χ1) is 14.5. The smallest absolute Gasteiger partial charge is 0.303 e. The number of nitrogens with zero attached hydrogens (tertiary/aromatic N) is 1. The number of hydrogen-bond acceptors (Lipinski definition) is 4. The van der Waals surface area contributed by atoms with Crippen molar-refractivity contribution in [1.29, 1.82) is 0 Å². The predicted octanol–water partition coefficient (Wildman–Crippen LogP) is 5.04. The molecule has 0 amide bonds. The van der Waals surface area contributed by atoms with Crippen LogP contribution in [-0.4, -0.2) is 48.9 Å². The summed E-state index contributed by atoms with van der Waals surface area (Å²) in [5.74, 6) is -0.234. The average molecular weight is 529 g/mol. The number of carbonyl (C=O) groups is 1. The second-order valence-electron chi connectivity index (χ2n) is 6.92. The fourth-order valence-electron chi connectivity index (χ4n) is 2.73. The molecule has 0 radical (unpaired) electrons. The molecule has 0 aromatic heterocycles. The van der Waals surface area contributed by atoms with Crippen molar-refractivity contribution in [2.75, 3.05) is 24.8 Å². The molecule has 180 valence electrons. The zero-order chi connectivity index (χ0) is 23.5. The third-order valence-electron chi connectivity index (χ3n) is 4.47. The van der Waals surface area contributed by atoms with E-state index in [1.54, 1.807) is 24.3 Å². The Hall–Kier alpha value is -1.39. The van der Waals surface area contributed by atoms with Gasteiger partial charge in [-0.25, -0.2) is 0 Å². The van der Waals surface area contributed by atoms with Gasteiger partial charge in [-0.1, -0.05) is 29.8 Å². The Morgan fingerprint density at radius 3 is 1.91 bits per heavy atom. The van der Waals surface area contributed by atoms with Crippen molar-refractivity contribution < 1.29 is 22.9 Å². The lowest BCUT2D eigenvalue weighted by Gasteiger charge is -2.41. The summed E-state index contributed by atoms with van der Waals surface area (Å²) in [4.78, 5) is 10.4. The summed E-state index contributed by atoms with van der Waals surface area (Å²) in [6, 6.07) is 13.3. The molecule has 7 nitrogen and oxygen atoms in total. The van der Waals surface area contributed by atoms with Crippen molar-refractivity contribution in [1.82, 2.24) is 4.65 Å². The predicted molar refractivity (Wildman–Crippen MR) is 132 cm³/mol. The molecular weight excluding hydrogens is 501 g/mol. The van der Waals surface area contributed by atoms with Crippen molar-refractivity contribution in [2.45, 2.75) is 31.1 Å². The van der Waals surface area contributed by atoms with E-state index in [4.69, 9.17) is 32.9 Å². The number of aliphatic carboxylic acids is 1. The number of halogens is 3. The third-order valence-corrected chi connectivity index (χ3v) is 5.68. The Labute approximate surface area is 205 Å². The van der Waals surface area contributed by atoms with Gasteiger partial charge in [0.1, 0.15) is 5.69 Å². The van der Waals surface area contributed by atoms with Gasteiger partial charge in [-0.3, -0.25) is 9.35 Å². The van der Waals surface area contributed by atoms with Gasteiger partial charge in [0.25, 0.3) is 10.1 Å². The first-order valence-electron chi connectivity index (χ1n) is 9.57. The van der Waals surface area contributed by atoms with Crippen LogP contribution in [-0.2, 0) is 21.3 Å². The molecule has 0 heterocycles. The highest BCUT2D eigenvalue weighted by molar-refractivity contribution is 7.85. The van der Waals surface area contributed by atoms with E-state index in [1.807, 2.05) is 19.1 Å². The van der Waals surface area contributed by atoms with Crippen molar-refractivity contribution >= 4 is 57.4 Å². The van der Waals surface area contributed by atoms with Crippen molar-refractivity contribution in [3.8, 4) is 0 Å². The molecule has 0 aliphatic rings. The summed E-state index contributed by atoms with van der Waals surface area (Å²) in [5, 5.41) is 21.2. The number of rotatable bonds is 10. The van der Waals surface area contributed by atoms with Gasteiger partial charge in [0.15, 0.2) is 0 Å². The van der Waals surface area contributed by atoms with Crippen molar-refractivity contribution in [2.24, 2.45) is 0 Å². The highest BCUT2D eigenvalue weighted by Crippen LogP contribution is 2.23. The van der Waals surface area contributed by atoms with Crippen LogP contribution in [0.3, 0.4) is 0 Å². The van der Waals surface area contributed by atoms with Crippen LogP contribution in [0.2, 0.25) is 0 Å². The van der Waals surface area contributed by atoms with Crippen LogP contribution in [0.1, 0.15) is 24.0 Å². The third kappa shape index (κ3) is 11.0. The van der Waals surface area contributed by atoms with E-state index in [9.17, 15) is 18.4 Å². The fourth-order valence-corrected chi connectivity index (χ4v) is 3.76. The molecule has 11 heteroatoms. The molecule has 2 aromatic carbocycles. The molecule has 2 rings (SSSR count). The van der Waals surface area contributed by atoms with Crippen LogP contribution in [0.5, 0.6) is 0 Å². The zero-order valence-electron chi connectivity index (χ0n) is 17.6. The zero-order valence-corrected chi connectivity index (χ0v) is 20.8. The lowest BCUT2D eigenvalue weighted by molar-refractivity contribution is -0.137. The average Bonchev–Trinajstić information content (AvgIpc) is 2.69. The van der Waals surface area contributed by atoms with Gasteiger partial charge in [-0.2, -0.15) is 8.42 Å². The summed E-state index contributed by atoms with van der Waals surface area (Å²) in [6.07, 6.45) is 1.44. The van der Waals surface area contributed by atoms with Gasteiger partial charge in [0.2, 0.25) is 0 Å². The van der Waals surface area contributed by atoms with E-state index in [2.05, 4.69) is 0 Å². The van der Waals surface area contributed by atoms with Crippen LogP contribution < -0.4 is 4.65 Å². The molecule has 0 aliphatic heterocycles. The van der Waals surface area contributed by atoms with Crippen LogP contribution in [0.25, 0.3) is 0 Å².